The second-order valence-corrected chi connectivity index (χ2v) is 10.2. The molecule has 0 spiro atoms. The summed E-state index contributed by atoms with van der Waals surface area (Å²) in [6.45, 7) is 4.49. The lowest BCUT2D eigenvalue weighted by atomic mass is 10.2. The van der Waals surface area contributed by atoms with Gasteiger partial charge in [-0.05, 0) is 36.8 Å². The molecule has 0 aliphatic carbocycles. The van der Waals surface area contributed by atoms with Crippen LogP contribution in [0.5, 0.6) is 0 Å². The summed E-state index contributed by atoms with van der Waals surface area (Å²) in [6.07, 6.45) is 0. The molecule has 37 heavy (non-hydrogen) atoms. The van der Waals surface area contributed by atoms with Gasteiger partial charge in [0.15, 0.2) is 11.2 Å². The molecule has 4 aromatic rings. The number of anilines is 2. The topological polar surface area (TPSA) is 97.4 Å². The molecule has 1 saturated heterocycles. The summed E-state index contributed by atoms with van der Waals surface area (Å²) >= 11 is 3.46. The number of carbonyl (C=O) groups excluding carboxylic acids is 1. The molecule has 10 nitrogen and oxygen atoms in total. The third-order valence-corrected chi connectivity index (χ3v) is 7.26. The van der Waals surface area contributed by atoms with Crippen LogP contribution in [0.3, 0.4) is 0 Å². The van der Waals surface area contributed by atoms with Gasteiger partial charge in [0.2, 0.25) is 5.95 Å². The van der Waals surface area contributed by atoms with Crippen LogP contribution >= 0.6 is 15.9 Å². The van der Waals surface area contributed by atoms with E-state index in [1.807, 2.05) is 60.0 Å². The van der Waals surface area contributed by atoms with E-state index in [-0.39, 0.29) is 11.6 Å². The van der Waals surface area contributed by atoms with Crippen LogP contribution in [-0.4, -0.2) is 55.8 Å². The third-order valence-electron chi connectivity index (χ3n) is 6.73. The molecule has 1 fully saturated rings. The zero-order chi connectivity index (χ0) is 26.3. The number of carbonyl (C=O) groups is 1. The number of fused-ring (bicyclic) bond motifs is 1. The van der Waals surface area contributed by atoms with Gasteiger partial charge >= 0.3 is 11.7 Å². The van der Waals surface area contributed by atoms with Gasteiger partial charge in [0.05, 0.1) is 6.54 Å². The van der Waals surface area contributed by atoms with E-state index < -0.39 is 5.69 Å². The van der Waals surface area contributed by atoms with E-state index in [2.05, 4.69) is 26.1 Å². The maximum absolute atomic E-state index is 13.2. The van der Waals surface area contributed by atoms with Crippen molar-refractivity contribution in [1.29, 1.82) is 0 Å². The number of hydrogen-bond donors (Lipinski definition) is 1. The molecule has 5 rings (SSSR count). The highest BCUT2D eigenvalue weighted by Crippen LogP contribution is 2.23. The van der Waals surface area contributed by atoms with Gasteiger partial charge in [0.1, 0.15) is 0 Å². The van der Waals surface area contributed by atoms with Crippen LogP contribution in [0.2, 0.25) is 0 Å². The van der Waals surface area contributed by atoms with E-state index in [0.29, 0.717) is 49.8 Å². The zero-order valence-electron chi connectivity index (χ0n) is 20.9. The molecule has 2 amide bonds. The van der Waals surface area contributed by atoms with E-state index in [4.69, 9.17) is 4.98 Å². The van der Waals surface area contributed by atoms with Gasteiger partial charge in [0, 0.05) is 50.4 Å². The Morgan fingerprint density at radius 3 is 2.24 bits per heavy atom. The molecule has 192 valence electrons. The molecule has 11 heteroatoms. The number of amides is 2. The Morgan fingerprint density at radius 1 is 0.946 bits per heavy atom. The van der Waals surface area contributed by atoms with Crippen molar-refractivity contribution in [2.24, 2.45) is 14.1 Å². The van der Waals surface area contributed by atoms with Crippen molar-refractivity contribution < 1.29 is 4.79 Å². The van der Waals surface area contributed by atoms with Gasteiger partial charge < -0.3 is 15.1 Å². The second kappa shape index (κ2) is 9.89. The highest BCUT2D eigenvalue weighted by Gasteiger charge is 2.27. The first kappa shape index (κ1) is 24.8. The summed E-state index contributed by atoms with van der Waals surface area (Å²) in [5, 5.41) is 2.95. The van der Waals surface area contributed by atoms with Crippen molar-refractivity contribution >= 4 is 44.8 Å². The first-order chi connectivity index (χ1) is 17.7. The van der Waals surface area contributed by atoms with Gasteiger partial charge in [0.25, 0.3) is 5.56 Å². The van der Waals surface area contributed by atoms with Gasteiger partial charge in [-0.25, -0.2) is 9.59 Å². The normalized spacial score (nSPS) is 13.8. The van der Waals surface area contributed by atoms with Crippen molar-refractivity contribution in [1.82, 2.24) is 23.6 Å². The van der Waals surface area contributed by atoms with Crippen molar-refractivity contribution in [3.8, 4) is 0 Å². The van der Waals surface area contributed by atoms with Crippen LogP contribution in [0.25, 0.3) is 11.2 Å². The summed E-state index contributed by atoms with van der Waals surface area (Å²) < 4.78 is 5.36. The molecule has 2 aromatic carbocycles. The summed E-state index contributed by atoms with van der Waals surface area (Å²) in [6, 6.07) is 15.4. The number of urea groups is 1. The Bertz CT molecular complexity index is 1580. The van der Waals surface area contributed by atoms with E-state index in [1.165, 1.54) is 11.6 Å². The summed E-state index contributed by atoms with van der Waals surface area (Å²) in [4.78, 5) is 47.2. The number of nitrogens with zero attached hydrogens (tertiary/aromatic N) is 6. The molecule has 1 aliphatic heterocycles. The smallest absolute Gasteiger partial charge is 0.332 e. The van der Waals surface area contributed by atoms with Crippen LogP contribution in [0.15, 0.2) is 62.6 Å². The predicted octanol–water partition coefficient (Wildman–Crippen LogP) is 2.91. The standard InChI is InChI=1S/C26H28BrN7O3/c1-17-4-10-20(11-5-17)28-25(36)33-14-12-32(13-15-33)24-29-22-21(23(35)31(3)26(37)30(22)2)34(24)16-18-6-8-19(27)9-7-18/h4-11H,12-16H2,1-3H3,(H,28,36). The minimum atomic E-state index is -0.421. The quantitative estimate of drug-likeness (QED) is 0.410. The van der Waals surface area contributed by atoms with Crippen LogP contribution < -0.4 is 21.5 Å². The third kappa shape index (κ3) is 4.78. The lowest BCUT2D eigenvalue weighted by molar-refractivity contribution is 0.208. The van der Waals surface area contributed by atoms with Gasteiger partial charge in [-0.2, -0.15) is 4.98 Å². The first-order valence-electron chi connectivity index (χ1n) is 12.0. The molecule has 0 bridgehead atoms. The molecular weight excluding hydrogens is 538 g/mol. The monoisotopic (exact) mass is 565 g/mol. The maximum Gasteiger partial charge on any atom is 0.332 e. The number of nitrogens with one attached hydrogen (secondary N) is 1. The van der Waals surface area contributed by atoms with Gasteiger partial charge in [-0.15, -0.1) is 0 Å². The Hall–Kier alpha value is -3.86. The number of imidazole rings is 1. The fourth-order valence-electron chi connectivity index (χ4n) is 4.55. The minimum absolute atomic E-state index is 0.150. The highest BCUT2D eigenvalue weighted by atomic mass is 79.9. The molecule has 3 heterocycles. The number of rotatable bonds is 4. The van der Waals surface area contributed by atoms with E-state index >= 15 is 0 Å². The van der Waals surface area contributed by atoms with E-state index in [0.717, 1.165) is 25.9 Å². The van der Waals surface area contributed by atoms with Crippen LogP contribution in [0.4, 0.5) is 16.4 Å². The Morgan fingerprint density at radius 2 is 1.59 bits per heavy atom. The SMILES string of the molecule is Cc1ccc(NC(=O)N2CCN(c3nc4c(c(=O)n(C)c(=O)n4C)n3Cc3ccc(Br)cc3)CC2)cc1. The molecule has 0 saturated carbocycles. The summed E-state index contributed by atoms with van der Waals surface area (Å²) in [5.74, 6) is 0.606. The fourth-order valence-corrected chi connectivity index (χ4v) is 4.81. The first-order valence-corrected chi connectivity index (χ1v) is 12.8. The van der Waals surface area contributed by atoms with Crippen LogP contribution in [0, 0.1) is 6.92 Å². The van der Waals surface area contributed by atoms with Gasteiger partial charge in [-0.3, -0.25) is 18.5 Å². The molecule has 2 aromatic heterocycles. The maximum atomic E-state index is 13.2. The molecule has 0 atom stereocenters. The average molecular weight is 566 g/mol. The van der Waals surface area contributed by atoms with Crippen molar-refractivity contribution in [3.05, 3.63) is 85.0 Å². The van der Waals surface area contributed by atoms with E-state index in [1.54, 1.807) is 11.9 Å². The Balaban J connectivity index is 1.44. The minimum Gasteiger partial charge on any atom is -0.339 e. The molecule has 0 radical (unpaired) electrons. The highest BCUT2D eigenvalue weighted by molar-refractivity contribution is 9.10. The zero-order valence-corrected chi connectivity index (χ0v) is 22.5. The number of aromatic nitrogens is 4. The van der Waals surface area contributed by atoms with Crippen LogP contribution in [-0.2, 0) is 20.6 Å². The van der Waals surface area contributed by atoms with Gasteiger partial charge in [-0.1, -0.05) is 45.8 Å². The molecule has 0 unspecified atom stereocenters. The lowest BCUT2D eigenvalue weighted by Crippen LogP contribution is -2.50. The number of aryl methyl sites for hydroxylation is 2. The number of benzene rings is 2. The van der Waals surface area contributed by atoms with Crippen molar-refractivity contribution in [2.75, 3.05) is 36.4 Å². The van der Waals surface area contributed by atoms with Crippen molar-refractivity contribution in [3.63, 3.8) is 0 Å². The Kier molecular flexibility index (Phi) is 6.63. The molecular formula is C26H28BrN7O3. The average Bonchev–Trinajstić information content (AvgIpc) is 3.28. The number of piperazine rings is 1. The molecule has 1 N–H and O–H groups in total. The number of halogens is 1. The van der Waals surface area contributed by atoms with Crippen LogP contribution in [0.1, 0.15) is 11.1 Å². The second-order valence-electron chi connectivity index (χ2n) is 9.27. The Labute approximate surface area is 221 Å². The predicted molar refractivity (Wildman–Crippen MR) is 147 cm³/mol. The fraction of sp³-hybridized carbons (Fsp3) is 0.308. The lowest BCUT2D eigenvalue weighted by Gasteiger charge is -2.35. The number of hydrogen-bond acceptors (Lipinski definition) is 5. The largest absolute Gasteiger partial charge is 0.339 e. The summed E-state index contributed by atoms with van der Waals surface area (Å²) in [7, 11) is 3.10. The molecule has 1 aliphatic rings. The summed E-state index contributed by atoms with van der Waals surface area (Å²) in [5.41, 5.74) is 2.80. The van der Waals surface area contributed by atoms with E-state index in [9.17, 15) is 14.4 Å². The van der Waals surface area contributed by atoms with Crippen molar-refractivity contribution in [2.45, 2.75) is 13.5 Å².